The molecule has 0 aromatic heterocycles. The third-order valence-electron chi connectivity index (χ3n) is 5.98. The molecule has 2 aromatic rings. The highest BCUT2D eigenvalue weighted by Crippen LogP contribution is 2.30. The average Bonchev–Trinajstić information content (AvgIpc) is 3.34. The van der Waals surface area contributed by atoms with E-state index >= 15 is 0 Å². The van der Waals surface area contributed by atoms with Gasteiger partial charge in [0.25, 0.3) is 5.91 Å². The molecule has 0 unspecified atom stereocenters. The van der Waals surface area contributed by atoms with E-state index in [-0.39, 0.29) is 17.4 Å². The topological polar surface area (TPSA) is 89.9 Å². The first-order valence-electron chi connectivity index (χ1n) is 10.9. The molecule has 2 heterocycles. The van der Waals surface area contributed by atoms with Crippen molar-refractivity contribution in [3.05, 3.63) is 53.6 Å². The number of hydrogen-bond acceptors (Lipinski definition) is 5. The van der Waals surface area contributed by atoms with Gasteiger partial charge in [-0.15, -0.1) is 0 Å². The molecule has 2 aliphatic rings. The Bertz CT molecular complexity index is 1040. The Kier molecular flexibility index (Phi) is 6.60. The number of aliphatic hydroxyl groups is 1. The van der Waals surface area contributed by atoms with Crippen molar-refractivity contribution in [3.63, 3.8) is 0 Å². The lowest BCUT2D eigenvalue weighted by Gasteiger charge is -2.27. The molecule has 0 bridgehead atoms. The van der Waals surface area contributed by atoms with Crippen molar-refractivity contribution in [1.29, 1.82) is 0 Å². The van der Waals surface area contributed by atoms with E-state index in [1.807, 2.05) is 0 Å². The van der Waals surface area contributed by atoms with Crippen LogP contribution >= 0.6 is 0 Å². The molecule has 0 spiro atoms. The van der Waals surface area contributed by atoms with Crippen LogP contribution in [0.15, 0.2) is 47.4 Å². The number of hydrogen-bond donors (Lipinski definition) is 2. The fraction of sp³-hybridized carbons (Fsp3) is 0.435. The number of anilines is 2. The maximum absolute atomic E-state index is 13.2. The minimum Gasteiger partial charge on any atom is -0.392 e. The molecule has 0 aliphatic carbocycles. The van der Waals surface area contributed by atoms with E-state index in [1.54, 1.807) is 36.4 Å². The van der Waals surface area contributed by atoms with Crippen LogP contribution in [0.3, 0.4) is 0 Å². The molecule has 8 heteroatoms. The van der Waals surface area contributed by atoms with E-state index in [1.165, 1.54) is 10.4 Å². The molecule has 2 fully saturated rings. The molecule has 2 N–H and O–H groups in total. The summed E-state index contributed by atoms with van der Waals surface area (Å²) in [6.07, 6.45) is 4.86. The van der Waals surface area contributed by atoms with Crippen molar-refractivity contribution in [1.82, 2.24) is 4.31 Å². The van der Waals surface area contributed by atoms with Crippen molar-refractivity contribution in [3.8, 4) is 0 Å². The van der Waals surface area contributed by atoms with Crippen LogP contribution < -0.4 is 10.2 Å². The largest absolute Gasteiger partial charge is 0.392 e. The van der Waals surface area contributed by atoms with Crippen LogP contribution in [0.25, 0.3) is 0 Å². The standard InChI is InChI=1S/C23H29N3O4S/c27-17-18-7-6-8-19(15-18)24-23(28)21-16-20(9-10-22(21)25-11-4-5-12-25)31(29,30)26-13-2-1-3-14-26/h6-10,15-16,27H,1-5,11-14,17H2,(H,24,28). The molecule has 4 rings (SSSR count). The number of amides is 1. The van der Waals surface area contributed by atoms with Gasteiger partial charge in [-0.25, -0.2) is 8.42 Å². The predicted molar refractivity (Wildman–Crippen MR) is 121 cm³/mol. The fourth-order valence-corrected chi connectivity index (χ4v) is 5.84. The van der Waals surface area contributed by atoms with Crippen molar-refractivity contribution in [2.75, 3.05) is 36.4 Å². The van der Waals surface area contributed by atoms with Gasteiger partial charge in [0.2, 0.25) is 10.0 Å². The first-order chi connectivity index (χ1) is 15.0. The number of benzene rings is 2. The molecular weight excluding hydrogens is 414 g/mol. The lowest BCUT2D eigenvalue weighted by atomic mass is 10.1. The Hall–Kier alpha value is -2.42. The van der Waals surface area contributed by atoms with Crippen LogP contribution in [0.4, 0.5) is 11.4 Å². The minimum absolute atomic E-state index is 0.119. The summed E-state index contributed by atoms with van der Waals surface area (Å²) in [6.45, 7) is 2.61. The van der Waals surface area contributed by atoms with Gasteiger partial charge < -0.3 is 15.3 Å². The van der Waals surface area contributed by atoms with Crippen LogP contribution in [-0.2, 0) is 16.6 Å². The number of nitrogens with zero attached hydrogens (tertiary/aromatic N) is 2. The second-order valence-corrected chi connectivity index (χ2v) is 10.1. The van der Waals surface area contributed by atoms with E-state index in [4.69, 9.17) is 0 Å². The van der Waals surface area contributed by atoms with Gasteiger partial charge in [0.05, 0.1) is 17.1 Å². The molecule has 7 nitrogen and oxygen atoms in total. The van der Waals surface area contributed by atoms with Crippen LogP contribution in [-0.4, -0.2) is 49.9 Å². The summed E-state index contributed by atoms with van der Waals surface area (Å²) in [4.78, 5) is 15.5. The maximum atomic E-state index is 13.2. The van der Waals surface area contributed by atoms with Gasteiger partial charge in [-0.1, -0.05) is 18.6 Å². The summed E-state index contributed by atoms with van der Waals surface area (Å²) in [5, 5.41) is 12.2. The Labute approximate surface area is 183 Å². The normalized spacial score (nSPS) is 17.6. The number of carbonyl (C=O) groups is 1. The van der Waals surface area contributed by atoms with E-state index in [0.717, 1.165) is 50.9 Å². The van der Waals surface area contributed by atoms with Crippen molar-refractivity contribution < 1.29 is 18.3 Å². The van der Waals surface area contributed by atoms with Gasteiger partial charge in [-0.05, 0) is 61.6 Å². The quantitative estimate of drug-likeness (QED) is 0.716. The Morgan fingerprint density at radius 2 is 1.65 bits per heavy atom. The third kappa shape index (κ3) is 4.76. The Morgan fingerprint density at radius 3 is 2.35 bits per heavy atom. The van der Waals surface area contributed by atoms with Crippen molar-refractivity contribution >= 4 is 27.3 Å². The summed E-state index contributed by atoms with van der Waals surface area (Å²) in [5.41, 5.74) is 2.37. The molecular formula is C23H29N3O4S. The molecule has 0 radical (unpaired) electrons. The van der Waals surface area contributed by atoms with E-state index in [0.29, 0.717) is 29.9 Å². The molecule has 0 atom stereocenters. The highest BCUT2D eigenvalue weighted by molar-refractivity contribution is 7.89. The third-order valence-corrected chi connectivity index (χ3v) is 7.87. The number of nitrogens with one attached hydrogen (secondary N) is 1. The second kappa shape index (κ2) is 9.38. The zero-order chi connectivity index (χ0) is 21.8. The predicted octanol–water partition coefficient (Wildman–Crippen LogP) is 3.21. The number of piperidine rings is 1. The number of carbonyl (C=O) groups excluding carboxylic acids is 1. The van der Waals surface area contributed by atoms with Gasteiger partial charge >= 0.3 is 0 Å². The Balaban J connectivity index is 1.69. The summed E-state index contributed by atoms with van der Waals surface area (Å²) in [6, 6.07) is 11.9. The lowest BCUT2D eigenvalue weighted by Crippen LogP contribution is -2.35. The average molecular weight is 444 g/mol. The van der Waals surface area contributed by atoms with Crippen LogP contribution in [0.5, 0.6) is 0 Å². The molecule has 31 heavy (non-hydrogen) atoms. The van der Waals surface area contributed by atoms with E-state index < -0.39 is 10.0 Å². The van der Waals surface area contributed by atoms with Crippen LogP contribution in [0.2, 0.25) is 0 Å². The summed E-state index contributed by atoms with van der Waals surface area (Å²) in [5.74, 6) is -0.354. The van der Waals surface area contributed by atoms with E-state index in [9.17, 15) is 18.3 Å². The highest BCUT2D eigenvalue weighted by atomic mass is 32.2. The SMILES string of the molecule is O=C(Nc1cccc(CO)c1)c1cc(S(=O)(=O)N2CCCCC2)ccc1N1CCCC1. The number of aliphatic hydroxyl groups excluding tert-OH is 1. The van der Waals surface area contributed by atoms with Crippen LogP contribution in [0.1, 0.15) is 48.0 Å². The van der Waals surface area contributed by atoms with E-state index in [2.05, 4.69) is 10.2 Å². The number of sulfonamides is 1. The molecule has 1 amide bonds. The Morgan fingerprint density at radius 1 is 0.935 bits per heavy atom. The first kappa shape index (κ1) is 21.8. The van der Waals surface area contributed by atoms with Gasteiger partial charge in [0.1, 0.15) is 0 Å². The molecule has 166 valence electrons. The fourth-order valence-electron chi connectivity index (χ4n) is 4.29. The monoisotopic (exact) mass is 443 g/mol. The summed E-state index contributed by atoms with van der Waals surface area (Å²) in [7, 11) is -3.64. The van der Waals surface area contributed by atoms with Crippen LogP contribution in [0, 0.1) is 0 Å². The zero-order valence-electron chi connectivity index (χ0n) is 17.6. The zero-order valence-corrected chi connectivity index (χ0v) is 18.4. The maximum Gasteiger partial charge on any atom is 0.257 e. The van der Waals surface area contributed by atoms with Gasteiger partial charge in [-0.2, -0.15) is 4.31 Å². The van der Waals surface area contributed by atoms with Gasteiger partial charge in [0, 0.05) is 37.6 Å². The van der Waals surface area contributed by atoms with Gasteiger partial charge in [-0.3, -0.25) is 4.79 Å². The number of rotatable bonds is 6. The summed E-state index contributed by atoms with van der Waals surface area (Å²) < 4.78 is 27.9. The minimum atomic E-state index is -3.64. The summed E-state index contributed by atoms with van der Waals surface area (Å²) >= 11 is 0. The lowest BCUT2D eigenvalue weighted by molar-refractivity contribution is 0.102. The molecule has 0 saturated carbocycles. The molecule has 2 aromatic carbocycles. The van der Waals surface area contributed by atoms with Gasteiger partial charge in [0.15, 0.2) is 0 Å². The highest BCUT2D eigenvalue weighted by Gasteiger charge is 2.28. The molecule has 2 aliphatic heterocycles. The van der Waals surface area contributed by atoms with Crippen molar-refractivity contribution in [2.45, 2.75) is 43.6 Å². The smallest absolute Gasteiger partial charge is 0.257 e. The second-order valence-electron chi connectivity index (χ2n) is 8.15. The first-order valence-corrected chi connectivity index (χ1v) is 12.3. The molecule has 2 saturated heterocycles. The van der Waals surface area contributed by atoms with Crippen molar-refractivity contribution in [2.24, 2.45) is 0 Å².